The summed E-state index contributed by atoms with van der Waals surface area (Å²) in [6.07, 6.45) is 1.96. The van der Waals surface area contributed by atoms with E-state index in [4.69, 9.17) is 10.5 Å². The number of carbonyl (C=O) groups excluding carboxylic acids is 1. The molecule has 3 N–H and O–H groups in total. The van der Waals surface area contributed by atoms with Gasteiger partial charge >= 0.3 is 5.97 Å². The van der Waals surface area contributed by atoms with E-state index < -0.39 is 11.9 Å². The van der Waals surface area contributed by atoms with Crippen molar-refractivity contribution in [1.82, 2.24) is 4.90 Å². The lowest BCUT2D eigenvalue weighted by Crippen LogP contribution is -2.47. The van der Waals surface area contributed by atoms with Gasteiger partial charge in [-0.05, 0) is 25.3 Å². The number of amides is 1. The second-order valence-corrected chi connectivity index (χ2v) is 5.52. The molecule has 1 rings (SSSR count). The molecule has 0 aliphatic carbocycles. The highest BCUT2D eigenvalue weighted by molar-refractivity contribution is 5.78. The molecule has 3 unspecified atom stereocenters. The molecular formula is C14H26N2O4. The Bertz CT molecular complexity index is 335. The predicted octanol–water partition coefficient (Wildman–Crippen LogP) is 0.700. The van der Waals surface area contributed by atoms with Gasteiger partial charge < -0.3 is 20.5 Å². The highest BCUT2D eigenvalue weighted by atomic mass is 16.5. The molecule has 0 spiro atoms. The van der Waals surface area contributed by atoms with Crippen LogP contribution in [-0.4, -0.2) is 54.2 Å². The molecule has 1 fully saturated rings. The lowest BCUT2D eigenvalue weighted by atomic mass is 10.00. The van der Waals surface area contributed by atoms with Crippen LogP contribution in [0.25, 0.3) is 0 Å². The van der Waals surface area contributed by atoms with Crippen LogP contribution in [0.5, 0.6) is 0 Å². The van der Waals surface area contributed by atoms with Gasteiger partial charge in [0.1, 0.15) is 5.92 Å². The molecule has 0 aromatic rings. The van der Waals surface area contributed by atoms with E-state index >= 15 is 0 Å². The molecule has 6 heteroatoms. The molecule has 1 aliphatic heterocycles. The highest BCUT2D eigenvalue weighted by Gasteiger charge is 2.39. The van der Waals surface area contributed by atoms with Gasteiger partial charge in [0.2, 0.25) is 5.91 Å². The van der Waals surface area contributed by atoms with E-state index in [-0.39, 0.29) is 18.6 Å². The summed E-state index contributed by atoms with van der Waals surface area (Å²) >= 11 is 0. The molecule has 0 aromatic carbocycles. The molecule has 0 bridgehead atoms. The average molecular weight is 286 g/mol. The number of rotatable bonds is 8. The first-order valence-corrected chi connectivity index (χ1v) is 7.31. The zero-order valence-corrected chi connectivity index (χ0v) is 12.4. The van der Waals surface area contributed by atoms with Crippen molar-refractivity contribution in [1.29, 1.82) is 0 Å². The second-order valence-electron chi connectivity index (χ2n) is 5.52. The minimum Gasteiger partial charge on any atom is -0.481 e. The largest absolute Gasteiger partial charge is 0.481 e. The Morgan fingerprint density at radius 2 is 2.15 bits per heavy atom. The van der Waals surface area contributed by atoms with Crippen LogP contribution < -0.4 is 5.73 Å². The summed E-state index contributed by atoms with van der Waals surface area (Å²) in [7, 11) is 0. The second kappa shape index (κ2) is 8.21. The summed E-state index contributed by atoms with van der Waals surface area (Å²) in [6, 6.07) is -0.340. The fraction of sp³-hybridized carbons (Fsp3) is 0.857. The van der Waals surface area contributed by atoms with E-state index in [0.29, 0.717) is 32.0 Å². The SMILES string of the molecule is CCCN(C(=O)CCC(C)CN)C1COCC1C(=O)O. The van der Waals surface area contributed by atoms with Crippen LogP contribution >= 0.6 is 0 Å². The lowest BCUT2D eigenvalue weighted by molar-refractivity contribution is -0.145. The summed E-state index contributed by atoms with van der Waals surface area (Å²) in [5, 5.41) is 9.20. The Kier molecular flexibility index (Phi) is 6.95. The van der Waals surface area contributed by atoms with Gasteiger partial charge in [-0.15, -0.1) is 0 Å². The monoisotopic (exact) mass is 286 g/mol. The lowest BCUT2D eigenvalue weighted by Gasteiger charge is -2.30. The minimum absolute atomic E-state index is 0.00824. The number of nitrogens with zero attached hydrogens (tertiary/aromatic N) is 1. The van der Waals surface area contributed by atoms with Crippen LogP contribution in [0.3, 0.4) is 0 Å². The zero-order chi connectivity index (χ0) is 15.1. The minimum atomic E-state index is -0.892. The van der Waals surface area contributed by atoms with E-state index in [9.17, 15) is 14.7 Å². The van der Waals surface area contributed by atoms with Crippen molar-refractivity contribution in [2.75, 3.05) is 26.3 Å². The first-order chi connectivity index (χ1) is 9.51. The third-order valence-corrected chi connectivity index (χ3v) is 3.81. The Labute approximate surface area is 120 Å². The van der Waals surface area contributed by atoms with Crippen molar-refractivity contribution in [3.63, 3.8) is 0 Å². The van der Waals surface area contributed by atoms with Crippen molar-refractivity contribution in [2.45, 2.75) is 39.2 Å². The van der Waals surface area contributed by atoms with E-state index in [1.54, 1.807) is 4.90 Å². The normalized spacial score (nSPS) is 23.6. The van der Waals surface area contributed by atoms with Gasteiger partial charge in [0.05, 0.1) is 19.3 Å². The average Bonchev–Trinajstić information content (AvgIpc) is 2.90. The Hall–Kier alpha value is -1.14. The molecule has 0 aromatic heterocycles. The van der Waals surface area contributed by atoms with Crippen molar-refractivity contribution < 1.29 is 19.4 Å². The Morgan fingerprint density at radius 3 is 2.70 bits per heavy atom. The molecule has 3 atom stereocenters. The van der Waals surface area contributed by atoms with Gasteiger partial charge in [0.15, 0.2) is 0 Å². The van der Waals surface area contributed by atoms with Crippen molar-refractivity contribution in [2.24, 2.45) is 17.6 Å². The molecule has 6 nitrogen and oxygen atoms in total. The van der Waals surface area contributed by atoms with E-state index in [2.05, 4.69) is 0 Å². The molecule has 1 heterocycles. The van der Waals surface area contributed by atoms with Crippen molar-refractivity contribution in [3.05, 3.63) is 0 Å². The number of carboxylic acid groups (broad SMARTS) is 1. The standard InChI is InChI=1S/C14H26N2O4/c1-3-6-16(13(17)5-4-10(2)7-15)12-9-20-8-11(12)14(18)19/h10-12H,3-9,15H2,1-2H3,(H,18,19). The van der Waals surface area contributed by atoms with Crippen LogP contribution in [0.2, 0.25) is 0 Å². The molecule has 20 heavy (non-hydrogen) atoms. The fourth-order valence-electron chi connectivity index (χ4n) is 2.43. The van der Waals surface area contributed by atoms with Crippen LogP contribution in [0.15, 0.2) is 0 Å². The molecule has 1 amide bonds. The first kappa shape index (κ1) is 16.9. The quantitative estimate of drug-likeness (QED) is 0.685. The predicted molar refractivity (Wildman–Crippen MR) is 75.2 cm³/mol. The van der Waals surface area contributed by atoms with E-state index in [0.717, 1.165) is 12.8 Å². The smallest absolute Gasteiger partial charge is 0.311 e. The topological polar surface area (TPSA) is 92.9 Å². The molecule has 116 valence electrons. The number of ether oxygens (including phenoxy) is 1. The molecule has 0 saturated carbocycles. The molecule has 1 aliphatic rings. The third-order valence-electron chi connectivity index (χ3n) is 3.81. The fourth-order valence-corrected chi connectivity index (χ4v) is 2.43. The van der Waals surface area contributed by atoms with Gasteiger partial charge in [0.25, 0.3) is 0 Å². The molecule has 0 radical (unpaired) electrons. The van der Waals surface area contributed by atoms with Gasteiger partial charge in [0, 0.05) is 13.0 Å². The van der Waals surface area contributed by atoms with Crippen molar-refractivity contribution >= 4 is 11.9 Å². The number of aliphatic carboxylic acids is 1. The van der Waals surface area contributed by atoms with Crippen LogP contribution in [0, 0.1) is 11.8 Å². The third kappa shape index (κ3) is 4.45. The van der Waals surface area contributed by atoms with Crippen LogP contribution in [0.1, 0.15) is 33.1 Å². The molecule has 1 saturated heterocycles. The number of carboxylic acids is 1. The summed E-state index contributed by atoms with van der Waals surface area (Å²) in [4.78, 5) is 25.3. The maximum atomic E-state index is 12.3. The van der Waals surface area contributed by atoms with Gasteiger partial charge in [-0.1, -0.05) is 13.8 Å². The number of hydrogen-bond donors (Lipinski definition) is 2. The van der Waals surface area contributed by atoms with Crippen LogP contribution in [0.4, 0.5) is 0 Å². The maximum absolute atomic E-state index is 12.3. The summed E-state index contributed by atoms with van der Waals surface area (Å²) in [5.41, 5.74) is 5.55. The number of hydrogen-bond acceptors (Lipinski definition) is 4. The zero-order valence-electron chi connectivity index (χ0n) is 12.4. The van der Waals surface area contributed by atoms with Crippen LogP contribution in [-0.2, 0) is 14.3 Å². The van der Waals surface area contributed by atoms with Gasteiger partial charge in [-0.3, -0.25) is 9.59 Å². The number of nitrogens with two attached hydrogens (primary N) is 1. The number of carbonyl (C=O) groups is 2. The van der Waals surface area contributed by atoms with Gasteiger partial charge in [-0.25, -0.2) is 0 Å². The summed E-state index contributed by atoms with van der Waals surface area (Å²) in [5.74, 6) is -1.19. The molecular weight excluding hydrogens is 260 g/mol. The van der Waals surface area contributed by atoms with E-state index in [1.165, 1.54) is 0 Å². The first-order valence-electron chi connectivity index (χ1n) is 7.31. The Balaban J connectivity index is 2.67. The summed E-state index contributed by atoms with van der Waals surface area (Å²) < 4.78 is 5.26. The van der Waals surface area contributed by atoms with Crippen molar-refractivity contribution in [3.8, 4) is 0 Å². The van der Waals surface area contributed by atoms with E-state index in [1.807, 2.05) is 13.8 Å². The Morgan fingerprint density at radius 1 is 1.45 bits per heavy atom. The maximum Gasteiger partial charge on any atom is 0.311 e. The van der Waals surface area contributed by atoms with Gasteiger partial charge in [-0.2, -0.15) is 0 Å². The summed E-state index contributed by atoms with van der Waals surface area (Å²) in [6.45, 7) is 5.63. The highest BCUT2D eigenvalue weighted by Crippen LogP contribution is 2.22.